The molecule has 1 aromatic carbocycles. The zero-order valence-corrected chi connectivity index (χ0v) is 14.1. The third-order valence-electron chi connectivity index (χ3n) is 5.18. The lowest BCUT2D eigenvalue weighted by molar-refractivity contribution is -0.149. The van der Waals surface area contributed by atoms with Crippen molar-refractivity contribution in [3.05, 3.63) is 35.9 Å². The number of benzene rings is 1. The van der Waals surface area contributed by atoms with Crippen LogP contribution >= 0.6 is 0 Å². The Hall–Kier alpha value is -2.08. The molecular formula is C18H24N2O4. The van der Waals surface area contributed by atoms with E-state index in [0.29, 0.717) is 19.0 Å². The number of carbonyl (C=O) groups excluding carboxylic acids is 1. The maximum absolute atomic E-state index is 12.4. The zero-order chi connectivity index (χ0) is 17.3. The molecule has 6 nitrogen and oxygen atoms in total. The molecule has 0 bridgehead atoms. The maximum Gasteiger partial charge on any atom is 0.410 e. The van der Waals surface area contributed by atoms with E-state index >= 15 is 0 Å². The second kappa shape index (κ2) is 6.43. The topological polar surface area (TPSA) is 70.1 Å². The fraction of sp³-hybridized carbons (Fsp3) is 0.556. The highest BCUT2D eigenvalue weighted by atomic mass is 16.6. The van der Waals surface area contributed by atoms with Gasteiger partial charge in [0, 0.05) is 25.7 Å². The van der Waals surface area contributed by atoms with Crippen molar-refractivity contribution in [2.24, 2.45) is 0 Å². The van der Waals surface area contributed by atoms with Crippen LogP contribution in [0.15, 0.2) is 30.3 Å². The molecule has 1 heterocycles. The summed E-state index contributed by atoms with van der Waals surface area (Å²) in [6, 6.07) is 9.99. The molecule has 3 rings (SSSR count). The van der Waals surface area contributed by atoms with E-state index in [1.54, 1.807) is 0 Å². The Balaban J connectivity index is 1.69. The Labute approximate surface area is 142 Å². The summed E-state index contributed by atoms with van der Waals surface area (Å²) >= 11 is 0. The van der Waals surface area contributed by atoms with Crippen LogP contribution in [0, 0.1) is 0 Å². The average molecular weight is 332 g/mol. The number of likely N-dealkylation sites (tertiary alicyclic amines) is 1. The second-order valence-electron chi connectivity index (χ2n) is 6.89. The molecule has 1 saturated heterocycles. The van der Waals surface area contributed by atoms with Crippen molar-refractivity contribution in [1.29, 1.82) is 0 Å². The van der Waals surface area contributed by atoms with Crippen LogP contribution in [-0.4, -0.2) is 58.2 Å². The van der Waals surface area contributed by atoms with E-state index in [1.165, 1.54) is 11.9 Å². The molecule has 2 fully saturated rings. The number of likely N-dealkylation sites (N-methyl/N-ethyl adjacent to an activating group) is 1. The van der Waals surface area contributed by atoms with Gasteiger partial charge in [0.25, 0.3) is 0 Å². The van der Waals surface area contributed by atoms with Gasteiger partial charge in [-0.2, -0.15) is 0 Å². The first-order valence-electron chi connectivity index (χ1n) is 8.38. The first kappa shape index (κ1) is 16.8. The van der Waals surface area contributed by atoms with Crippen molar-refractivity contribution in [3.63, 3.8) is 0 Å². The largest absolute Gasteiger partial charge is 0.479 e. The minimum absolute atomic E-state index is 0.140. The Kier molecular flexibility index (Phi) is 4.49. The third-order valence-corrected chi connectivity index (χ3v) is 5.18. The molecule has 1 aromatic rings. The molecule has 1 aliphatic carbocycles. The molecule has 1 aliphatic heterocycles. The molecule has 6 heteroatoms. The number of carbonyl (C=O) groups is 2. The fourth-order valence-corrected chi connectivity index (χ4v) is 3.56. The number of rotatable bonds is 5. The van der Waals surface area contributed by atoms with Gasteiger partial charge in [-0.05, 0) is 31.7 Å². The van der Waals surface area contributed by atoms with Crippen LogP contribution in [0.5, 0.6) is 0 Å². The van der Waals surface area contributed by atoms with Crippen molar-refractivity contribution in [3.8, 4) is 0 Å². The Bertz CT molecular complexity index is 617. The van der Waals surface area contributed by atoms with E-state index in [9.17, 15) is 14.7 Å². The summed E-state index contributed by atoms with van der Waals surface area (Å²) in [6.45, 7) is 2.54. The lowest BCUT2D eigenvalue weighted by Crippen LogP contribution is -2.57. The third kappa shape index (κ3) is 3.11. The summed E-state index contributed by atoms with van der Waals surface area (Å²) in [4.78, 5) is 27.9. The van der Waals surface area contributed by atoms with Crippen LogP contribution < -0.4 is 0 Å². The average Bonchev–Trinajstić information content (AvgIpc) is 3.35. The molecule has 2 aliphatic rings. The minimum atomic E-state index is -1.21. The molecule has 2 unspecified atom stereocenters. The second-order valence-corrected chi connectivity index (χ2v) is 6.89. The van der Waals surface area contributed by atoms with E-state index in [2.05, 4.69) is 4.90 Å². The molecule has 0 radical (unpaired) electrons. The lowest BCUT2D eigenvalue weighted by atomic mass is 9.95. The molecule has 0 spiro atoms. The van der Waals surface area contributed by atoms with Gasteiger partial charge in [0.05, 0.1) is 0 Å². The van der Waals surface area contributed by atoms with Gasteiger partial charge in [-0.15, -0.1) is 0 Å². The van der Waals surface area contributed by atoms with Gasteiger partial charge in [0.1, 0.15) is 6.61 Å². The molecule has 130 valence electrons. The van der Waals surface area contributed by atoms with E-state index in [0.717, 1.165) is 18.4 Å². The number of aliphatic carboxylic acids is 1. The molecule has 1 N–H and O–H groups in total. The van der Waals surface area contributed by atoms with Crippen LogP contribution in [0.1, 0.15) is 31.7 Å². The molecule has 1 amide bonds. The summed E-state index contributed by atoms with van der Waals surface area (Å²) in [5, 5.41) is 9.83. The van der Waals surface area contributed by atoms with Crippen molar-refractivity contribution >= 4 is 12.1 Å². The normalized spacial score (nSPS) is 27.0. The van der Waals surface area contributed by atoms with Crippen LogP contribution in [0.3, 0.4) is 0 Å². The predicted octanol–water partition coefficient (Wildman–Crippen LogP) is 2.34. The van der Waals surface area contributed by atoms with Crippen LogP contribution in [0.2, 0.25) is 0 Å². The van der Waals surface area contributed by atoms with Crippen molar-refractivity contribution in [2.75, 3.05) is 13.6 Å². The standard InChI is InChI=1S/C18H24N2O4/c1-13-10-18(16(21)22,12-20(13)15-8-9-15)19(2)17(23)24-11-14-6-4-3-5-7-14/h3-7,13,15H,8-12H2,1-2H3,(H,21,22). The maximum atomic E-state index is 12.4. The van der Waals surface area contributed by atoms with Gasteiger partial charge in [0.2, 0.25) is 0 Å². The molecule has 1 saturated carbocycles. The number of ether oxygens (including phenoxy) is 1. The minimum Gasteiger partial charge on any atom is -0.479 e. The fourth-order valence-electron chi connectivity index (χ4n) is 3.56. The first-order valence-corrected chi connectivity index (χ1v) is 8.38. The molecule has 2 atom stereocenters. The summed E-state index contributed by atoms with van der Waals surface area (Å²) in [5.74, 6) is -0.961. The Morgan fingerprint density at radius 2 is 2.00 bits per heavy atom. The van der Waals surface area contributed by atoms with Crippen LogP contribution in [0.25, 0.3) is 0 Å². The number of carboxylic acids is 1. The number of carboxylic acid groups (broad SMARTS) is 1. The van der Waals surface area contributed by atoms with E-state index in [4.69, 9.17) is 4.74 Å². The number of hydrogen-bond donors (Lipinski definition) is 1. The predicted molar refractivity (Wildman–Crippen MR) is 88.6 cm³/mol. The number of amides is 1. The van der Waals surface area contributed by atoms with E-state index in [1.807, 2.05) is 37.3 Å². The highest BCUT2D eigenvalue weighted by Gasteiger charge is 2.55. The molecule has 0 aromatic heterocycles. The smallest absolute Gasteiger partial charge is 0.410 e. The van der Waals surface area contributed by atoms with Crippen LogP contribution in [-0.2, 0) is 16.1 Å². The SMILES string of the molecule is CC1CC(C(=O)O)(N(C)C(=O)OCc2ccccc2)CN1C1CC1. The zero-order valence-electron chi connectivity index (χ0n) is 14.1. The van der Waals surface area contributed by atoms with E-state index in [-0.39, 0.29) is 12.6 Å². The van der Waals surface area contributed by atoms with Gasteiger partial charge in [-0.25, -0.2) is 9.59 Å². The monoisotopic (exact) mass is 332 g/mol. The summed E-state index contributed by atoms with van der Waals surface area (Å²) in [5.41, 5.74) is -0.335. The summed E-state index contributed by atoms with van der Waals surface area (Å²) in [6.07, 6.45) is 2.06. The lowest BCUT2D eigenvalue weighted by Gasteiger charge is -2.34. The Morgan fingerprint density at radius 1 is 1.33 bits per heavy atom. The van der Waals surface area contributed by atoms with E-state index < -0.39 is 17.6 Å². The summed E-state index contributed by atoms with van der Waals surface area (Å²) in [7, 11) is 1.53. The van der Waals surface area contributed by atoms with Crippen molar-refractivity contribution < 1.29 is 19.4 Å². The van der Waals surface area contributed by atoms with Crippen molar-refractivity contribution in [2.45, 2.75) is 50.4 Å². The number of nitrogens with zero attached hydrogens (tertiary/aromatic N) is 2. The van der Waals surface area contributed by atoms with Gasteiger partial charge in [0.15, 0.2) is 5.54 Å². The van der Waals surface area contributed by atoms with Gasteiger partial charge >= 0.3 is 12.1 Å². The highest BCUT2D eigenvalue weighted by Crippen LogP contribution is 2.39. The Morgan fingerprint density at radius 3 is 2.58 bits per heavy atom. The molecule has 24 heavy (non-hydrogen) atoms. The van der Waals surface area contributed by atoms with Gasteiger partial charge < -0.3 is 9.84 Å². The highest BCUT2D eigenvalue weighted by molar-refractivity contribution is 5.85. The van der Waals surface area contributed by atoms with Crippen LogP contribution in [0.4, 0.5) is 4.79 Å². The van der Waals surface area contributed by atoms with Gasteiger partial charge in [-0.1, -0.05) is 30.3 Å². The number of hydrogen-bond acceptors (Lipinski definition) is 4. The summed E-state index contributed by atoms with van der Waals surface area (Å²) < 4.78 is 5.33. The quantitative estimate of drug-likeness (QED) is 0.896. The first-order chi connectivity index (χ1) is 11.4. The molecular weight excluding hydrogens is 308 g/mol. The van der Waals surface area contributed by atoms with Crippen molar-refractivity contribution in [1.82, 2.24) is 9.80 Å². The van der Waals surface area contributed by atoms with Gasteiger partial charge in [-0.3, -0.25) is 9.80 Å².